The van der Waals surface area contributed by atoms with Crippen molar-refractivity contribution in [3.8, 4) is 16.9 Å². The predicted octanol–water partition coefficient (Wildman–Crippen LogP) is 6.91. The lowest BCUT2D eigenvalue weighted by Crippen LogP contribution is -2.32. The average Bonchev–Trinajstić information content (AvgIpc) is 3.57. The highest BCUT2D eigenvalue weighted by molar-refractivity contribution is 5.92. The van der Waals surface area contributed by atoms with Gasteiger partial charge >= 0.3 is 6.09 Å². The van der Waals surface area contributed by atoms with Gasteiger partial charge in [0.1, 0.15) is 11.9 Å². The molecule has 2 heterocycles. The zero-order chi connectivity index (χ0) is 36.7. The number of imidazole rings is 1. The minimum Gasteiger partial charge on any atom is -0.506 e. The number of carbonyl (C=O) groups is 1. The van der Waals surface area contributed by atoms with Crippen LogP contribution in [0, 0.1) is 0 Å². The Bertz CT molecular complexity index is 2240. The Morgan fingerprint density at radius 2 is 1.77 bits per heavy atom. The van der Waals surface area contributed by atoms with Crippen molar-refractivity contribution in [2.45, 2.75) is 76.3 Å². The zero-order valence-electron chi connectivity index (χ0n) is 29.6. The summed E-state index contributed by atoms with van der Waals surface area (Å²) in [5, 5.41) is 28.0. The van der Waals surface area contributed by atoms with Gasteiger partial charge in [0.15, 0.2) is 0 Å². The summed E-state index contributed by atoms with van der Waals surface area (Å²) < 4.78 is 7.95. The van der Waals surface area contributed by atoms with E-state index in [2.05, 4.69) is 61.6 Å². The van der Waals surface area contributed by atoms with Gasteiger partial charge in [0.25, 0.3) is 0 Å². The normalized spacial score (nSPS) is 16.5. The number of aryl methyl sites for hydroxylation is 2. The van der Waals surface area contributed by atoms with E-state index in [1.165, 1.54) is 12.1 Å². The maximum absolute atomic E-state index is 13.0. The van der Waals surface area contributed by atoms with Crippen LogP contribution < -0.4 is 21.9 Å². The molecule has 0 saturated heterocycles. The summed E-state index contributed by atoms with van der Waals surface area (Å²) >= 11 is 0. The minimum absolute atomic E-state index is 0.0357. The molecule has 1 fully saturated rings. The number of fused-ring (bicyclic) bond motifs is 2. The van der Waals surface area contributed by atoms with E-state index in [0.29, 0.717) is 23.0 Å². The molecule has 1 aliphatic rings. The van der Waals surface area contributed by atoms with E-state index in [1.54, 1.807) is 12.1 Å². The number of carbonyl (C=O) groups excluding carboxylic acids is 1. The maximum atomic E-state index is 13.0. The predicted molar refractivity (Wildman–Crippen MR) is 208 cm³/mol. The van der Waals surface area contributed by atoms with Crippen molar-refractivity contribution >= 4 is 33.7 Å². The lowest BCUT2D eigenvalue weighted by Gasteiger charge is -2.26. The first-order chi connectivity index (χ1) is 25.8. The fourth-order valence-corrected chi connectivity index (χ4v) is 7.24. The van der Waals surface area contributed by atoms with Crippen LogP contribution >= 0.6 is 0 Å². The van der Waals surface area contributed by atoms with Crippen molar-refractivity contribution < 1.29 is 19.7 Å². The second-order valence-corrected chi connectivity index (χ2v) is 14.0. The number of aliphatic hydroxyl groups is 1. The largest absolute Gasteiger partial charge is 0.506 e. The Labute approximate surface area is 307 Å². The highest BCUT2D eigenvalue weighted by Gasteiger charge is 2.22. The first-order valence-corrected chi connectivity index (χ1v) is 18.4. The van der Waals surface area contributed by atoms with Crippen LogP contribution in [0.2, 0.25) is 0 Å². The van der Waals surface area contributed by atoms with Crippen LogP contribution in [0.15, 0.2) is 102 Å². The molecular weight excluding hydrogens is 668 g/mol. The summed E-state index contributed by atoms with van der Waals surface area (Å²) in [4.78, 5) is 32.0. The number of nitrogens with zero attached hydrogens (tertiary/aromatic N) is 2. The number of phenolic OH excluding ortho intramolecular Hbond substituents is 1. The summed E-state index contributed by atoms with van der Waals surface area (Å²) in [5.74, 6) is -0.0357. The number of ether oxygens (including phenoxy) is 1. The summed E-state index contributed by atoms with van der Waals surface area (Å²) in [7, 11) is 0. The third-order valence-corrected chi connectivity index (χ3v) is 10.1. The molecule has 4 aromatic carbocycles. The molecule has 0 unspecified atom stereocenters. The Hall–Kier alpha value is -5.49. The highest BCUT2D eigenvalue weighted by Crippen LogP contribution is 2.31. The molecule has 1 amide bonds. The third-order valence-electron chi connectivity index (χ3n) is 10.1. The van der Waals surface area contributed by atoms with Crippen molar-refractivity contribution in [2.24, 2.45) is 5.73 Å². The number of unbranched alkanes of at least 4 members (excludes halogenated alkanes) is 1. The average molecular weight is 715 g/mol. The number of H-pyrrole nitrogens is 1. The van der Waals surface area contributed by atoms with Crippen LogP contribution in [0.3, 0.4) is 0 Å². The van der Waals surface area contributed by atoms with E-state index in [-0.39, 0.29) is 30.0 Å². The van der Waals surface area contributed by atoms with Crippen molar-refractivity contribution in [3.63, 3.8) is 0 Å². The first kappa shape index (κ1) is 35.9. The number of pyridine rings is 1. The molecule has 7 rings (SSSR count). The number of aromatic hydroxyl groups is 1. The van der Waals surface area contributed by atoms with Gasteiger partial charge in [0.2, 0.25) is 5.56 Å². The van der Waals surface area contributed by atoms with Gasteiger partial charge in [-0.3, -0.25) is 10.1 Å². The molecule has 0 bridgehead atoms. The molecule has 1 aliphatic carbocycles. The van der Waals surface area contributed by atoms with Crippen LogP contribution in [0.1, 0.15) is 61.3 Å². The number of nitrogens with two attached hydrogens (primary N) is 1. The van der Waals surface area contributed by atoms with Crippen molar-refractivity contribution in [2.75, 3.05) is 11.9 Å². The fraction of sp³-hybridized carbons (Fsp3) is 0.310. The Balaban J connectivity index is 0.924. The van der Waals surface area contributed by atoms with Gasteiger partial charge in [-0.05, 0) is 97.5 Å². The molecule has 7 N–H and O–H groups in total. The smallest absolute Gasteiger partial charge is 0.411 e. The standard InChI is InChI=1S/C42H46N6O5/c43-30-11-13-31(14-12-30)53-42(52)46-35-22-27(9-15-32(35)29-7-2-1-3-8-29)6-4-5-21-48-26-45-36-23-28(10-18-37(36)48)24-44-25-39(50)33-16-19-38(49)41-34(33)17-20-40(51)47-41/h1-3,7-10,15-20,22-23,26,30-31,39,44,49-50H,4-6,11-14,21,24-25,43H2,(H,46,52)(H,47,51)/t30?,31?,39-/m0/s1. The number of nitrogens with one attached hydrogen (secondary N) is 3. The van der Waals surface area contributed by atoms with Crippen molar-refractivity contribution in [1.29, 1.82) is 0 Å². The van der Waals surface area contributed by atoms with Gasteiger partial charge in [-0.1, -0.05) is 54.6 Å². The van der Waals surface area contributed by atoms with Crippen molar-refractivity contribution in [3.05, 3.63) is 124 Å². The second-order valence-electron chi connectivity index (χ2n) is 14.0. The van der Waals surface area contributed by atoms with E-state index >= 15 is 0 Å². The summed E-state index contributed by atoms with van der Waals surface area (Å²) in [6.45, 7) is 1.66. The SMILES string of the molecule is NC1CCC(OC(=O)Nc2cc(CCCCn3cnc4cc(CNC[C@H](O)c5ccc(O)c6[nH]c(=O)ccc56)ccc43)ccc2-c2ccccc2)CC1. The zero-order valence-corrected chi connectivity index (χ0v) is 29.6. The number of anilines is 1. The number of amides is 1. The molecular formula is C42H46N6O5. The molecule has 53 heavy (non-hydrogen) atoms. The van der Waals surface area contributed by atoms with Gasteiger partial charge in [-0.2, -0.15) is 0 Å². The Kier molecular flexibility index (Phi) is 11.1. The van der Waals surface area contributed by atoms with Crippen LogP contribution in [-0.2, 0) is 24.2 Å². The summed E-state index contributed by atoms with van der Waals surface area (Å²) in [6, 6.07) is 28.9. The van der Waals surface area contributed by atoms with Gasteiger partial charge in [0.05, 0.1) is 34.7 Å². The van der Waals surface area contributed by atoms with Crippen LogP contribution in [0.25, 0.3) is 33.1 Å². The van der Waals surface area contributed by atoms with E-state index in [0.717, 1.165) is 90.5 Å². The third kappa shape index (κ3) is 8.77. The molecule has 2 aromatic heterocycles. The van der Waals surface area contributed by atoms with E-state index in [1.807, 2.05) is 36.7 Å². The maximum Gasteiger partial charge on any atom is 0.411 e. The lowest BCUT2D eigenvalue weighted by atomic mass is 9.94. The molecule has 11 heteroatoms. The quantitative estimate of drug-likeness (QED) is 0.0702. The van der Waals surface area contributed by atoms with Gasteiger partial charge in [0, 0.05) is 42.7 Å². The number of hydrogen-bond acceptors (Lipinski definition) is 8. The number of aromatic amines is 1. The number of aliphatic hydroxyl groups excluding tert-OH is 1. The number of phenols is 1. The van der Waals surface area contributed by atoms with Gasteiger partial charge < -0.3 is 35.6 Å². The molecule has 0 radical (unpaired) electrons. The Morgan fingerprint density at radius 3 is 2.60 bits per heavy atom. The number of aromatic nitrogens is 3. The van der Waals surface area contributed by atoms with Gasteiger partial charge in [-0.15, -0.1) is 0 Å². The molecule has 0 spiro atoms. The molecule has 6 aromatic rings. The fourth-order valence-electron chi connectivity index (χ4n) is 7.24. The van der Waals surface area contributed by atoms with Gasteiger partial charge in [-0.25, -0.2) is 9.78 Å². The topological polar surface area (TPSA) is 168 Å². The van der Waals surface area contributed by atoms with Crippen LogP contribution in [0.5, 0.6) is 5.75 Å². The summed E-state index contributed by atoms with van der Waals surface area (Å²) in [5.41, 5.74) is 13.6. The Morgan fingerprint density at radius 1 is 0.962 bits per heavy atom. The highest BCUT2D eigenvalue weighted by atomic mass is 16.6. The summed E-state index contributed by atoms with van der Waals surface area (Å²) in [6.07, 6.45) is 6.65. The van der Waals surface area contributed by atoms with Crippen LogP contribution in [-0.4, -0.2) is 49.5 Å². The van der Waals surface area contributed by atoms with E-state index < -0.39 is 12.2 Å². The van der Waals surface area contributed by atoms with Crippen molar-refractivity contribution in [1.82, 2.24) is 19.9 Å². The molecule has 1 saturated carbocycles. The monoisotopic (exact) mass is 714 g/mol. The molecule has 1 atom stereocenters. The van der Waals surface area contributed by atoms with E-state index in [4.69, 9.17) is 10.5 Å². The molecule has 274 valence electrons. The second kappa shape index (κ2) is 16.5. The minimum atomic E-state index is -0.834. The number of hydrogen-bond donors (Lipinski definition) is 6. The molecule has 11 nitrogen and oxygen atoms in total. The number of benzene rings is 4. The number of rotatable bonds is 13. The van der Waals surface area contributed by atoms with Crippen LogP contribution in [0.4, 0.5) is 10.5 Å². The molecule has 0 aliphatic heterocycles. The lowest BCUT2D eigenvalue weighted by molar-refractivity contribution is 0.0826. The first-order valence-electron chi connectivity index (χ1n) is 18.4. The van der Waals surface area contributed by atoms with E-state index in [9.17, 15) is 19.8 Å².